The summed E-state index contributed by atoms with van der Waals surface area (Å²) >= 11 is 6.45. The predicted octanol–water partition coefficient (Wildman–Crippen LogP) is 5.35. The SMILES string of the molecule is CCOc1ccc(C(=O)N/N=C\c2cc(Cl)c(OCc3ccc(C#N)cc3)c(OCC)c2)cc1. The fourth-order valence-electron chi connectivity index (χ4n) is 3.00. The number of nitrogens with zero attached hydrogens (tertiary/aromatic N) is 2. The highest BCUT2D eigenvalue weighted by Gasteiger charge is 2.13. The first kappa shape index (κ1) is 24.6. The van der Waals surface area contributed by atoms with Gasteiger partial charge in [-0.15, -0.1) is 0 Å². The molecule has 0 saturated carbocycles. The number of amides is 1. The summed E-state index contributed by atoms with van der Waals surface area (Å²) in [6.07, 6.45) is 1.48. The molecule has 0 aliphatic rings. The van der Waals surface area contributed by atoms with Crippen LogP contribution in [-0.4, -0.2) is 25.3 Å². The molecular formula is C26H24ClN3O4. The summed E-state index contributed by atoms with van der Waals surface area (Å²) in [5, 5.41) is 13.3. The van der Waals surface area contributed by atoms with Gasteiger partial charge in [0.2, 0.25) is 0 Å². The summed E-state index contributed by atoms with van der Waals surface area (Å²) in [4.78, 5) is 12.3. The molecule has 0 heterocycles. The first-order valence-electron chi connectivity index (χ1n) is 10.7. The monoisotopic (exact) mass is 477 g/mol. The lowest BCUT2D eigenvalue weighted by molar-refractivity contribution is 0.0955. The van der Waals surface area contributed by atoms with Crippen LogP contribution in [-0.2, 0) is 6.61 Å². The number of hydrogen-bond donors (Lipinski definition) is 1. The van der Waals surface area contributed by atoms with Crippen LogP contribution in [0.2, 0.25) is 5.02 Å². The Morgan fingerprint density at radius 2 is 1.74 bits per heavy atom. The van der Waals surface area contributed by atoms with Crippen LogP contribution in [0.1, 0.15) is 40.9 Å². The van der Waals surface area contributed by atoms with Gasteiger partial charge in [0.25, 0.3) is 5.91 Å². The number of carbonyl (C=O) groups is 1. The van der Waals surface area contributed by atoms with Gasteiger partial charge >= 0.3 is 0 Å². The average Bonchev–Trinajstić information content (AvgIpc) is 2.84. The molecule has 0 bridgehead atoms. The van der Waals surface area contributed by atoms with Crippen LogP contribution < -0.4 is 19.6 Å². The molecule has 34 heavy (non-hydrogen) atoms. The molecule has 0 fully saturated rings. The second kappa shape index (κ2) is 12.3. The van der Waals surface area contributed by atoms with Gasteiger partial charge < -0.3 is 14.2 Å². The van der Waals surface area contributed by atoms with Gasteiger partial charge in [-0.2, -0.15) is 10.4 Å². The van der Waals surface area contributed by atoms with E-state index in [0.717, 1.165) is 5.56 Å². The highest BCUT2D eigenvalue weighted by Crippen LogP contribution is 2.37. The molecule has 8 heteroatoms. The maximum atomic E-state index is 12.3. The van der Waals surface area contributed by atoms with Gasteiger partial charge in [-0.05, 0) is 73.5 Å². The first-order chi connectivity index (χ1) is 16.5. The molecule has 1 amide bonds. The van der Waals surface area contributed by atoms with Crippen molar-refractivity contribution in [2.24, 2.45) is 5.10 Å². The van der Waals surface area contributed by atoms with Crippen molar-refractivity contribution in [3.63, 3.8) is 0 Å². The highest BCUT2D eigenvalue weighted by molar-refractivity contribution is 6.32. The van der Waals surface area contributed by atoms with Gasteiger partial charge in [0.1, 0.15) is 12.4 Å². The lowest BCUT2D eigenvalue weighted by Crippen LogP contribution is -2.17. The molecule has 0 aliphatic heterocycles. The molecule has 0 spiro atoms. The maximum absolute atomic E-state index is 12.3. The second-order valence-corrected chi connectivity index (χ2v) is 7.42. The van der Waals surface area contributed by atoms with Crippen LogP contribution in [0.25, 0.3) is 0 Å². The summed E-state index contributed by atoms with van der Waals surface area (Å²) in [6.45, 7) is 4.99. The topological polar surface area (TPSA) is 92.9 Å². The Balaban J connectivity index is 1.67. The number of ether oxygens (including phenoxy) is 3. The van der Waals surface area contributed by atoms with Crippen LogP contribution in [0.3, 0.4) is 0 Å². The number of nitriles is 1. The summed E-state index contributed by atoms with van der Waals surface area (Å²) in [5.74, 6) is 1.21. The van der Waals surface area contributed by atoms with E-state index < -0.39 is 0 Å². The Labute approximate surface area is 203 Å². The van der Waals surface area contributed by atoms with Gasteiger partial charge in [-0.25, -0.2) is 5.43 Å². The Kier molecular flexibility index (Phi) is 8.89. The van der Waals surface area contributed by atoms with Crippen LogP contribution >= 0.6 is 11.6 Å². The zero-order valence-corrected chi connectivity index (χ0v) is 19.6. The molecule has 0 radical (unpaired) electrons. The fourth-order valence-corrected chi connectivity index (χ4v) is 3.27. The third-order valence-electron chi connectivity index (χ3n) is 4.61. The zero-order chi connectivity index (χ0) is 24.3. The number of hydrogen-bond acceptors (Lipinski definition) is 6. The Morgan fingerprint density at radius 1 is 1.03 bits per heavy atom. The minimum atomic E-state index is -0.349. The third kappa shape index (κ3) is 6.74. The molecule has 0 aromatic heterocycles. The molecule has 3 rings (SSSR count). The van der Waals surface area contributed by atoms with Crippen molar-refractivity contribution in [1.29, 1.82) is 5.26 Å². The van der Waals surface area contributed by atoms with Gasteiger partial charge in [-0.3, -0.25) is 4.79 Å². The molecule has 174 valence electrons. The quantitative estimate of drug-likeness (QED) is 0.314. The number of benzene rings is 3. The van der Waals surface area contributed by atoms with Crippen LogP contribution in [0.5, 0.6) is 17.2 Å². The molecule has 0 atom stereocenters. The predicted molar refractivity (Wildman–Crippen MR) is 131 cm³/mol. The molecule has 3 aromatic rings. The van der Waals surface area contributed by atoms with Crippen molar-refractivity contribution >= 4 is 23.7 Å². The molecule has 7 nitrogen and oxygen atoms in total. The Morgan fingerprint density at radius 3 is 2.38 bits per heavy atom. The lowest BCUT2D eigenvalue weighted by Gasteiger charge is -2.14. The second-order valence-electron chi connectivity index (χ2n) is 7.02. The van der Waals surface area contributed by atoms with Crippen molar-refractivity contribution in [3.05, 3.63) is 87.9 Å². The van der Waals surface area contributed by atoms with E-state index in [1.807, 2.05) is 26.0 Å². The van der Waals surface area contributed by atoms with E-state index in [9.17, 15) is 4.79 Å². The minimum absolute atomic E-state index is 0.261. The van der Waals surface area contributed by atoms with Gasteiger partial charge in [0.15, 0.2) is 11.5 Å². The average molecular weight is 478 g/mol. The van der Waals surface area contributed by atoms with E-state index in [1.54, 1.807) is 48.5 Å². The largest absolute Gasteiger partial charge is 0.494 e. The van der Waals surface area contributed by atoms with E-state index in [-0.39, 0.29) is 12.5 Å². The smallest absolute Gasteiger partial charge is 0.271 e. The van der Waals surface area contributed by atoms with Crippen molar-refractivity contribution < 1.29 is 19.0 Å². The number of nitrogens with one attached hydrogen (secondary N) is 1. The normalized spacial score (nSPS) is 10.5. The summed E-state index contributed by atoms with van der Waals surface area (Å²) in [5.41, 5.74) is 5.05. The maximum Gasteiger partial charge on any atom is 0.271 e. The zero-order valence-electron chi connectivity index (χ0n) is 18.9. The van der Waals surface area contributed by atoms with E-state index in [1.165, 1.54) is 6.21 Å². The van der Waals surface area contributed by atoms with Crippen molar-refractivity contribution in [2.75, 3.05) is 13.2 Å². The molecular weight excluding hydrogens is 454 g/mol. The van der Waals surface area contributed by atoms with Crippen molar-refractivity contribution in [2.45, 2.75) is 20.5 Å². The first-order valence-corrected chi connectivity index (χ1v) is 11.1. The molecule has 1 N–H and O–H groups in total. The van der Waals surface area contributed by atoms with Crippen molar-refractivity contribution in [3.8, 4) is 23.3 Å². The third-order valence-corrected chi connectivity index (χ3v) is 4.89. The van der Waals surface area contributed by atoms with E-state index in [4.69, 9.17) is 31.1 Å². The molecule has 3 aromatic carbocycles. The van der Waals surface area contributed by atoms with E-state index >= 15 is 0 Å². The van der Waals surface area contributed by atoms with E-state index in [0.29, 0.717) is 52.2 Å². The molecule has 0 saturated heterocycles. The number of carbonyl (C=O) groups excluding carboxylic acids is 1. The Bertz CT molecular complexity index is 1190. The standard InChI is InChI=1S/C26H24ClN3O4/c1-3-32-22-11-9-21(10-12-22)26(31)30-29-16-20-13-23(27)25(24(14-20)33-4-2)34-17-19-7-5-18(15-28)6-8-19/h5-14,16H,3-4,17H2,1-2H3,(H,30,31)/b29-16-. The van der Waals surface area contributed by atoms with Crippen LogP contribution in [0.4, 0.5) is 0 Å². The highest BCUT2D eigenvalue weighted by atomic mass is 35.5. The Hall–Kier alpha value is -4.02. The summed E-state index contributed by atoms with van der Waals surface area (Å²) in [6, 6.07) is 19.4. The fraction of sp³-hybridized carbons (Fsp3) is 0.192. The van der Waals surface area contributed by atoms with Gasteiger partial charge in [0, 0.05) is 5.56 Å². The molecule has 0 aliphatic carbocycles. The minimum Gasteiger partial charge on any atom is -0.494 e. The number of rotatable bonds is 10. The van der Waals surface area contributed by atoms with Crippen molar-refractivity contribution in [1.82, 2.24) is 5.43 Å². The van der Waals surface area contributed by atoms with E-state index in [2.05, 4.69) is 16.6 Å². The van der Waals surface area contributed by atoms with Gasteiger partial charge in [-0.1, -0.05) is 23.7 Å². The summed E-state index contributed by atoms with van der Waals surface area (Å²) < 4.78 is 17.0. The molecule has 0 unspecified atom stereocenters. The van der Waals surface area contributed by atoms with Gasteiger partial charge in [0.05, 0.1) is 36.1 Å². The number of halogens is 1. The summed E-state index contributed by atoms with van der Waals surface area (Å²) in [7, 11) is 0. The lowest BCUT2D eigenvalue weighted by atomic mass is 10.1. The van der Waals surface area contributed by atoms with Crippen LogP contribution in [0.15, 0.2) is 65.8 Å². The van der Waals surface area contributed by atoms with Crippen LogP contribution in [0, 0.1) is 11.3 Å². The number of hydrazone groups is 1.